The number of hydrogen-bond donors (Lipinski definition) is 1. The zero-order valence-corrected chi connectivity index (χ0v) is 12.8. The van der Waals surface area contributed by atoms with Crippen molar-refractivity contribution in [3.05, 3.63) is 35.4 Å². The van der Waals surface area contributed by atoms with E-state index in [-0.39, 0.29) is 0 Å². The van der Waals surface area contributed by atoms with Crippen LogP contribution in [-0.2, 0) is 6.42 Å². The Bertz CT molecular complexity index is 366. The van der Waals surface area contributed by atoms with Gasteiger partial charge in [-0.15, -0.1) is 0 Å². The van der Waals surface area contributed by atoms with E-state index in [4.69, 9.17) is 0 Å². The highest BCUT2D eigenvalue weighted by Gasteiger charge is 2.26. The van der Waals surface area contributed by atoms with E-state index in [1.165, 1.54) is 43.4 Å². The third kappa shape index (κ3) is 4.65. The van der Waals surface area contributed by atoms with Gasteiger partial charge in [0.05, 0.1) is 0 Å². The first-order valence-corrected chi connectivity index (χ1v) is 7.91. The standard InChI is InChI=1S/C18H29N/c1-14(2)12-19-13-18-6-4-5-17(18)11-16-9-7-15(3)8-10-16/h7-10,14,17-19H,4-6,11-13H2,1-3H3. The van der Waals surface area contributed by atoms with Gasteiger partial charge in [0.25, 0.3) is 0 Å². The van der Waals surface area contributed by atoms with Crippen molar-refractivity contribution in [3.8, 4) is 0 Å². The van der Waals surface area contributed by atoms with Gasteiger partial charge in [0.2, 0.25) is 0 Å². The predicted molar refractivity (Wildman–Crippen MR) is 83.4 cm³/mol. The number of hydrogen-bond acceptors (Lipinski definition) is 1. The molecule has 1 N–H and O–H groups in total. The van der Waals surface area contributed by atoms with Crippen LogP contribution in [0.2, 0.25) is 0 Å². The molecule has 1 aliphatic carbocycles. The minimum Gasteiger partial charge on any atom is -0.316 e. The van der Waals surface area contributed by atoms with Crippen molar-refractivity contribution in [1.82, 2.24) is 5.32 Å². The average molecular weight is 259 g/mol. The first-order valence-electron chi connectivity index (χ1n) is 7.91. The van der Waals surface area contributed by atoms with Crippen molar-refractivity contribution >= 4 is 0 Å². The molecule has 0 amide bonds. The molecule has 2 unspecified atom stereocenters. The summed E-state index contributed by atoms with van der Waals surface area (Å²) < 4.78 is 0. The van der Waals surface area contributed by atoms with Crippen LogP contribution in [0, 0.1) is 24.7 Å². The van der Waals surface area contributed by atoms with Crippen LogP contribution < -0.4 is 5.32 Å². The van der Waals surface area contributed by atoms with Crippen LogP contribution in [0.1, 0.15) is 44.2 Å². The maximum Gasteiger partial charge on any atom is -0.00176 e. The van der Waals surface area contributed by atoms with E-state index >= 15 is 0 Å². The van der Waals surface area contributed by atoms with Crippen LogP contribution in [0.15, 0.2) is 24.3 Å². The van der Waals surface area contributed by atoms with Crippen LogP contribution >= 0.6 is 0 Å². The molecule has 1 heteroatoms. The van der Waals surface area contributed by atoms with Gasteiger partial charge in [-0.05, 0) is 62.6 Å². The van der Waals surface area contributed by atoms with E-state index in [0.29, 0.717) is 0 Å². The molecule has 1 saturated carbocycles. The first-order chi connectivity index (χ1) is 9.15. The minimum absolute atomic E-state index is 0.761. The smallest absolute Gasteiger partial charge is 0.00176 e. The summed E-state index contributed by atoms with van der Waals surface area (Å²) in [5.74, 6) is 2.54. The molecule has 106 valence electrons. The summed E-state index contributed by atoms with van der Waals surface area (Å²) in [5, 5.41) is 3.65. The van der Waals surface area contributed by atoms with Crippen molar-refractivity contribution in [2.75, 3.05) is 13.1 Å². The Balaban J connectivity index is 1.83. The van der Waals surface area contributed by atoms with Crippen molar-refractivity contribution in [2.24, 2.45) is 17.8 Å². The molecule has 2 rings (SSSR count). The summed E-state index contributed by atoms with van der Waals surface area (Å²) in [6.45, 7) is 9.11. The van der Waals surface area contributed by atoms with Crippen molar-refractivity contribution in [3.63, 3.8) is 0 Å². The quantitative estimate of drug-likeness (QED) is 0.807. The molecule has 19 heavy (non-hydrogen) atoms. The molecule has 1 aliphatic rings. The van der Waals surface area contributed by atoms with Crippen LogP contribution in [0.4, 0.5) is 0 Å². The highest BCUT2D eigenvalue weighted by atomic mass is 14.9. The molecule has 0 aromatic heterocycles. The number of benzene rings is 1. The molecule has 0 bridgehead atoms. The largest absolute Gasteiger partial charge is 0.316 e. The Hall–Kier alpha value is -0.820. The Morgan fingerprint density at radius 2 is 1.79 bits per heavy atom. The lowest BCUT2D eigenvalue weighted by molar-refractivity contribution is 0.357. The summed E-state index contributed by atoms with van der Waals surface area (Å²) in [4.78, 5) is 0. The molecular formula is C18H29N. The fraction of sp³-hybridized carbons (Fsp3) is 0.667. The van der Waals surface area contributed by atoms with Gasteiger partial charge in [0, 0.05) is 0 Å². The zero-order chi connectivity index (χ0) is 13.7. The second kappa shape index (κ2) is 7.09. The molecule has 1 nitrogen and oxygen atoms in total. The minimum atomic E-state index is 0.761. The van der Waals surface area contributed by atoms with E-state index in [9.17, 15) is 0 Å². The summed E-state index contributed by atoms with van der Waals surface area (Å²) in [6.07, 6.45) is 5.53. The Labute approximate surface area is 118 Å². The summed E-state index contributed by atoms with van der Waals surface area (Å²) in [5.41, 5.74) is 2.89. The van der Waals surface area contributed by atoms with Gasteiger partial charge in [0.15, 0.2) is 0 Å². The maximum absolute atomic E-state index is 3.65. The molecule has 0 aliphatic heterocycles. The Kier molecular flexibility index (Phi) is 5.45. The molecule has 0 spiro atoms. The molecule has 2 atom stereocenters. The number of aryl methyl sites for hydroxylation is 1. The van der Waals surface area contributed by atoms with E-state index < -0.39 is 0 Å². The summed E-state index contributed by atoms with van der Waals surface area (Å²) in [6, 6.07) is 9.12. The number of rotatable bonds is 6. The average Bonchev–Trinajstić information content (AvgIpc) is 2.79. The van der Waals surface area contributed by atoms with Gasteiger partial charge < -0.3 is 5.32 Å². The fourth-order valence-corrected chi connectivity index (χ4v) is 3.24. The van der Waals surface area contributed by atoms with E-state index in [1.54, 1.807) is 0 Å². The highest BCUT2D eigenvalue weighted by Crippen LogP contribution is 2.33. The predicted octanol–water partition coefficient (Wildman–Crippen LogP) is 4.20. The van der Waals surface area contributed by atoms with Crippen LogP contribution in [0.3, 0.4) is 0 Å². The molecule has 1 aromatic carbocycles. The third-order valence-electron chi connectivity index (χ3n) is 4.39. The van der Waals surface area contributed by atoms with Gasteiger partial charge in [-0.3, -0.25) is 0 Å². The van der Waals surface area contributed by atoms with E-state index in [0.717, 1.165) is 24.3 Å². The maximum atomic E-state index is 3.65. The zero-order valence-electron chi connectivity index (χ0n) is 12.8. The van der Waals surface area contributed by atoms with Crippen molar-refractivity contribution < 1.29 is 0 Å². The van der Waals surface area contributed by atoms with Gasteiger partial charge >= 0.3 is 0 Å². The van der Waals surface area contributed by atoms with E-state index in [2.05, 4.69) is 50.4 Å². The monoisotopic (exact) mass is 259 g/mol. The van der Waals surface area contributed by atoms with Gasteiger partial charge in [-0.25, -0.2) is 0 Å². The van der Waals surface area contributed by atoms with Crippen molar-refractivity contribution in [1.29, 1.82) is 0 Å². The highest BCUT2D eigenvalue weighted by molar-refractivity contribution is 5.21. The van der Waals surface area contributed by atoms with Crippen LogP contribution in [0.5, 0.6) is 0 Å². The molecule has 0 radical (unpaired) electrons. The molecular weight excluding hydrogens is 230 g/mol. The van der Waals surface area contributed by atoms with E-state index in [1.807, 2.05) is 0 Å². The summed E-state index contributed by atoms with van der Waals surface area (Å²) in [7, 11) is 0. The third-order valence-corrected chi connectivity index (χ3v) is 4.39. The van der Waals surface area contributed by atoms with Crippen LogP contribution in [0.25, 0.3) is 0 Å². The molecule has 1 fully saturated rings. The fourth-order valence-electron chi connectivity index (χ4n) is 3.24. The van der Waals surface area contributed by atoms with Gasteiger partial charge in [0.1, 0.15) is 0 Å². The van der Waals surface area contributed by atoms with Crippen LogP contribution in [-0.4, -0.2) is 13.1 Å². The van der Waals surface area contributed by atoms with Gasteiger partial charge in [-0.2, -0.15) is 0 Å². The lowest BCUT2D eigenvalue weighted by Gasteiger charge is -2.21. The lowest BCUT2D eigenvalue weighted by atomic mass is 9.89. The van der Waals surface area contributed by atoms with Crippen molar-refractivity contribution in [2.45, 2.75) is 46.5 Å². The Morgan fingerprint density at radius 1 is 1.11 bits per heavy atom. The number of nitrogens with one attached hydrogen (secondary N) is 1. The molecule has 0 saturated heterocycles. The Morgan fingerprint density at radius 3 is 2.47 bits per heavy atom. The second-order valence-electron chi connectivity index (χ2n) is 6.69. The lowest BCUT2D eigenvalue weighted by Crippen LogP contribution is -2.28. The first kappa shape index (κ1) is 14.6. The normalized spacial score (nSPS) is 23.2. The van der Waals surface area contributed by atoms with Gasteiger partial charge in [-0.1, -0.05) is 50.1 Å². The molecule has 0 heterocycles. The molecule has 1 aromatic rings. The second-order valence-corrected chi connectivity index (χ2v) is 6.69. The SMILES string of the molecule is Cc1ccc(CC2CCCC2CNCC(C)C)cc1. The summed E-state index contributed by atoms with van der Waals surface area (Å²) >= 11 is 0. The topological polar surface area (TPSA) is 12.0 Å².